The number of ether oxygens (including phenoxy) is 2. The number of carbonyl (C=O) groups excluding carboxylic acids is 2. The normalized spacial score (nSPS) is 14.9. The van der Waals surface area contributed by atoms with Crippen molar-refractivity contribution in [1.82, 2.24) is 0 Å². The second kappa shape index (κ2) is 37.1. The summed E-state index contributed by atoms with van der Waals surface area (Å²) in [6.45, 7) is 4.76. The second-order valence-electron chi connectivity index (χ2n) is 16.6. The first-order valence-corrected chi connectivity index (χ1v) is 25.8. The number of nitrogens with zero attached hydrogens (tertiary/aromatic N) is 2. The first kappa shape index (κ1) is 56.0. The van der Waals surface area contributed by atoms with Gasteiger partial charge in [0, 0.05) is 24.5 Å². The van der Waals surface area contributed by atoms with Crippen LogP contribution in [-0.4, -0.2) is 72.7 Å². The van der Waals surface area contributed by atoms with Crippen LogP contribution < -0.4 is 9.47 Å². The van der Waals surface area contributed by atoms with E-state index in [9.17, 15) is 29.3 Å². The number of aliphatic hydroxyl groups is 2. The van der Waals surface area contributed by atoms with Gasteiger partial charge in [-0.3, -0.25) is 23.5 Å². The number of anilines is 1. The molecule has 1 aliphatic heterocycles. The summed E-state index contributed by atoms with van der Waals surface area (Å²) in [5.74, 6) is -0.0490. The van der Waals surface area contributed by atoms with Crippen LogP contribution in [0.5, 0.6) is 0 Å². The van der Waals surface area contributed by atoms with Crippen LogP contribution in [-0.2, 0) is 39.2 Å². The predicted molar refractivity (Wildman–Crippen MR) is 252 cm³/mol. The van der Waals surface area contributed by atoms with Crippen molar-refractivity contribution in [3.8, 4) is 0 Å². The Morgan fingerprint density at radius 2 is 1.24 bits per heavy atom. The molecule has 1 aliphatic rings. The summed E-state index contributed by atoms with van der Waals surface area (Å²) >= 11 is 0. The van der Waals surface area contributed by atoms with E-state index in [1.807, 2.05) is 15.5 Å². The largest absolute Gasteiger partial charge is 0.472 e. The number of rotatable bonds is 40. The minimum absolute atomic E-state index is 0.116. The summed E-state index contributed by atoms with van der Waals surface area (Å²) in [7, 11) is -4.54. The highest BCUT2D eigenvalue weighted by Gasteiger charge is 2.31. The number of fused-ring (bicyclic) bond motifs is 1. The van der Waals surface area contributed by atoms with Crippen LogP contribution in [0.25, 0.3) is 0 Å². The lowest BCUT2D eigenvalue weighted by atomic mass is 10.1. The molecule has 3 unspecified atom stereocenters. The van der Waals surface area contributed by atoms with Gasteiger partial charge in [-0.1, -0.05) is 127 Å². The topological polar surface area (TPSA) is 156 Å². The van der Waals surface area contributed by atoms with Crippen LogP contribution >= 0.6 is 7.82 Å². The Morgan fingerprint density at radius 1 is 0.714 bits per heavy atom. The van der Waals surface area contributed by atoms with Gasteiger partial charge < -0.3 is 24.6 Å². The van der Waals surface area contributed by atoms with E-state index < -0.39 is 38.6 Å². The number of allylic oxidation sites excluding steroid dienone is 8. The third-order valence-electron chi connectivity index (χ3n) is 10.9. The summed E-state index contributed by atoms with van der Waals surface area (Å²) in [5, 5.41) is 19.2. The molecular formula is C50H84N2O10P+. The molecule has 1 aromatic rings. The Kier molecular flexibility index (Phi) is 33.0. The number of hydrogen-bond donors (Lipinski definition) is 3. The minimum atomic E-state index is -4.54. The monoisotopic (exact) mass is 904 g/mol. The molecule has 0 saturated heterocycles. The van der Waals surface area contributed by atoms with E-state index in [4.69, 9.17) is 18.5 Å². The minimum Gasteiger partial charge on any atom is -0.462 e. The van der Waals surface area contributed by atoms with Crippen molar-refractivity contribution in [3.05, 3.63) is 72.5 Å². The standard InChI is InChI=1S/C50H83N2O10P/c1-3-5-7-9-11-13-15-17-19-21-23-25-27-29-31-33-49(55)59-43-46(62-50(56)34-32-30-28-26-24-22-20-18-16-14-12-10-8-6-4-2)44-61-63(57,58)60-40-39-51-37-38-52-41-45(47(54)42-53)35-36-48(51)52/h11-14,17-20,35-36,41,46-47,53-54H,3-10,15-16,21-34,37-40,42-44H2,1-2H3/p+1/b13-11-,14-12-,19-17-,20-18-. The van der Waals surface area contributed by atoms with Crippen molar-refractivity contribution in [2.75, 3.05) is 44.4 Å². The Bertz CT molecular complexity index is 1520. The van der Waals surface area contributed by atoms with Crippen molar-refractivity contribution in [2.45, 2.75) is 187 Å². The van der Waals surface area contributed by atoms with Crippen molar-refractivity contribution < 1.29 is 52.3 Å². The van der Waals surface area contributed by atoms with E-state index in [0.717, 1.165) is 95.7 Å². The average Bonchev–Trinajstić information content (AvgIpc) is 3.68. The predicted octanol–water partition coefficient (Wildman–Crippen LogP) is 11.0. The Morgan fingerprint density at radius 3 is 1.79 bits per heavy atom. The molecule has 0 saturated carbocycles. The quantitative estimate of drug-likeness (QED) is 0.0189. The lowest BCUT2D eigenvalue weighted by Crippen LogP contribution is -2.32. The molecule has 2 rings (SSSR count). The summed E-state index contributed by atoms with van der Waals surface area (Å²) in [6, 6.07) is 3.55. The zero-order chi connectivity index (χ0) is 45.6. The maximum atomic E-state index is 12.9. The zero-order valence-electron chi connectivity index (χ0n) is 39.0. The molecule has 0 radical (unpaired) electrons. The van der Waals surface area contributed by atoms with Crippen molar-refractivity contribution >= 4 is 25.6 Å². The van der Waals surface area contributed by atoms with E-state index in [1.165, 1.54) is 38.5 Å². The lowest BCUT2D eigenvalue weighted by Gasteiger charge is -2.20. The van der Waals surface area contributed by atoms with Gasteiger partial charge in [-0.25, -0.2) is 9.13 Å². The van der Waals surface area contributed by atoms with E-state index in [2.05, 4.69) is 62.5 Å². The second-order valence-corrected chi connectivity index (χ2v) is 18.0. The van der Waals surface area contributed by atoms with Gasteiger partial charge in [0.2, 0.25) is 0 Å². The highest BCUT2D eigenvalue weighted by molar-refractivity contribution is 7.47. The number of carbonyl (C=O) groups is 2. The van der Waals surface area contributed by atoms with Crippen LogP contribution in [0.1, 0.15) is 180 Å². The van der Waals surface area contributed by atoms with Crippen molar-refractivity contribution in [1.29, 1.82) is 0 Å². The Labute approximate surface area is 380 Å². The van der Waals surface area contributed by atoms with Crippen LogP contribution in [0.2, 0.25) is 0 Å². The number of unbranched alkanes of at least 4 members (excludes halogenated alkanes) is 16. The molecule has 0 spiro atoms. The number of aliphatic hydroxyl groups excluding tert-OH is 2. The maximum absolute atomic E-state index is 12.9. The average molecular weight is 904 g/mol. The van der Waals surface area contributed by atoms with Crippen LogP contribution in [0, 0.1) is 0 Å². The summed E-state index contributed by atoms with van der Waals surface area (Å²) in [5.41, 5.74) is 0.598. The molecule has 0 aliphatic carbocycles. The fraction of sp³-hybridized carbons (Fsp3) is 0.700. The van der Waals surface area contributed by atoms with Gasteiger partial charge in [-0.05, 0) is 83.1 Å². The van der Waals surface area contributed by atoms with Gasteiger partial charge in [-0.2, -0.15) is 0 Å². The fourth-order valence-corrected chi connectivity index (χ4v) is 7.90. The first-order valence-electron chi connectivity index (χ1n) is 24.3. The summed E-state index contributed by atoms with van der Waals surface area (Å²) < 4.78 is 36.4. The van der Waals surface area contributed by atoms with Crippen molar-refractivity contribution in [2.24, 2.45) is 0 Å². The van der Waals surface area contributed by atoms with Crippen LogP contribution in [0.3, 0.4) is 0 Å². The number of aromatic nitrogens is 1. The number of pyridine rings is 1. The van der Waals surface area contributed by atoms with Gasteiger partial charge in [0.1, 0.15) is 32.3 Å². The highest BCUT2D eigenvalue weighted by atomic mass is 31.2. The molecule has 0 fully saturated rings. The molecule has 2 heterocycles. The number of hydrogen-bond acceptors (Lipinski definition) is 10. The molecule has 0 bridgehead atoms. The smallest absolute Gasteiger partial charge is 0.462 e. The summed E-state index contributed by atoms with van der Waals surface area (Å²) in [4.78, 5) is 37.9. The SMILES string of the molecule is CCCCC/C=C\C/C=C\CCCCCCCC(=O)OCC(COP(=O)(O)OCCN1CC[n+]2cc(C(O)CO)ccc21)OC(=O)CCCCCCC/C=C\C/C=C\CCCCC. The molecule has 0 amide bonds. The van der Waals surface area contributed by atoms with Gasteiger partial charge in [0.15, 0.2) is 6.10 Å². The molecule has 63 heavy (non-hydrogen) atoms. The Balaban J connectivity index is 1.73. The highest BCUT2D eigenvalue weighted by Crippen LogP contribution is 2.43. The molecule has 0 aromatic carbocycles. The number of phosphoric acid groups is 1. The number of phosphoric ester groups is 1. The van der Waals surface area contributed by atoms with Crippen LogP contribution in [0.4, 0.5) is 5.82 Å². The van der Waals surface area contributed by atoms with Crippen molar-refractivity contribution in [3.63, 3.8) is 0 Å². The third-order valence-corrected chi connectivity index (χ3v) is 11.9. The molecule has 358 valence electrons. The molecule has 3 atom stereocenters. The van der Waals surface area contributed by atoms with Gasteiger partial charge in [0.25, 0.3) is 5.82 Å². The molecular weight excluding hydrogens is 820 g/mol. The van der Waals surface area contributed by atoms with E-state index >= 15 is 0 Å². The summed E-state index contributed by atoms with van der Waals surface area (Å²) in [6.07, 6.45) is 41.7. The molecule has 1 aromatic heterocycles. The van der Waals surface area contributed by atoms with Crippen LogP contribution in [0.15, 0.2) is 66.9 Å². The van der Waals surface area contributed by atoms with E-state index in [1.54, 1.807) is 12.3 Å². The van der Waals surface area contributed by atoms with Gasteiger partial charge >= 0.3 is 19.8 Å². The number of esters is 2. The molecule has 12 nitrogen and oxygen atoms in total. The maximum Gasteiger partial charge on any atom is 0.472 e. The van der Waals surface area contributed by atoms with E-state index in [0.29, 0.717) is 38.0 Å². The lowest BCUT2D eigenvalue weighted by molar-refractivity contribution is -0.671. The van der Waals surface area contributed by atoms with Gasteiger partial charge in [0.05, 0.1) is 26.0 Å². The molecule has 13 heteroatoms. The van der Waals surface area contributed by atoms with Gasteiger partial charge in [-0.15, -0.1) is 0 Å². The molecule has 3 N–H and O–H groups in total. The first-order chi connectivity index (χ1) is 30.7. The van der Waals surface area contributed by atoms with E-state index in [-0.39, 0.29) is 32.7 Å². The third kappa shape index (κ3) is 29.1. The zero-order valence-corrected chi connectivity index (χ0v) is 39.9. The Hall–Kier alpha value is -3.12. The fourth-order valence-electron chi connectivity index (χ4n) is 7.16.